The quantitative estimate of drug-likeness (QED) is 0.482. The van der Waals surface area contributed by atoms with Crippen molar-refractivity contribution in [1.82, 2.24) is 24.1 Å². The number of rotatable bonds is 5. The number of hydrogen-bond donors (Lipinski definition) is 0. The topological polar surface area (TPSA) is 72.5 Å². The molecule has 4 heterocycles. The molecular weight excluding hydrogens is 410 g/mol. The molecule has 7 nitrogen and oxygen atoms in total. The maximum absolute atomic E-state index is 13.0. The lowest BCUT2D eigenvalue weighted by molar-refractivity contribution is -0.132. The van der Waals surface area contributed by atoms with Crippen molar-refractivity contribution < 1.29 is 4.79 Å². The molecule has 1 aliphatic heterocycles. The number of hydrogen-bond acceptors (Lipinski definition) is 5. The molecule has 0 unspecified atom stereocenters. The number of nitrogens with zero attached hydrogens (tertiary/aromatic N) is 5. The minimum atomic E-state index is -0.0202. The van der Waals surface area contributed by atoms with Crippen LogP contribution in [0.4, 0.5) is 0 Å². The van der Waals surface area contributed by atoms with E-state index in [1.807, 2.05) is 26.8 Å². The van der Waals surface area contributed by atoms with Crippen LogP contribution < -0.4 is 5.56 Å². The van der Waals surface area contributed by atoms with Crippen LogP contribution >= 0.6 is 11.3 Å². The molecule has 160 valence electrons. The third-order valence-corrected chi connectivity index (χ3v) is 6.76. The van der Waals surface area contributed by atoms with E-state index in [0.717, 1.165) is 24.3 Å². The van der Waals surface area contributed by atoms with Gasteiger partial charge in [-0.3, -0.25) is 18.6 Å². The lowest BCUT2D eigenvalue weighted by Crippen LogP contribution is -2.36. The molecule has 0 saturated carbocycles. The summed E-state index contributed by atoms with van der Waals surface area (Å²) in [5, 5.41) is 10.6. The summed E-state index contributed by atoms with van der Waals surface area (Å²) < 4.78 is 4.37. The Hall–Kier alpha value is -3.00. The number of amides is 1. The van der Waals surface area contributed by atoms with E-state index in [1.165, 1.54) is 22.5 Å². The molecule has 0 spiro atoms. The van der Waals surface area contributed by atoms with Crippen LogP contribution in [0.1, 0.15) is 37.2 Å². The maximum Gasteiger partial charge on any atom is 0.272 e. The fourth-order valence-electron chi connectivity index (χ4n) is 4.36. The highest BCUT2D eigenvalue weighted by atomic mass is 32.1. The summed E-state index contributed by atoms with van der Waals surface area (Å²) in [5.41, 5.74) is 3.36. The number of carbonyl (C=O) groups excluding carboxylic acids is 1. The molecule has 3 aromatic heterocycles. The van der Waals surface area contributed by atoms with E-state index >= 15 is 0 Å². The molecule has 5 rings (SSSR count). The Labute approximate surface area is 183 Å². The zero-order valence-electron chi connectivity index (χ0n) is 17.7. The van der Waals surface area contributed by atoms with E-state index in [0.29, 0.717) is 42.3 Å². The van der Waals surface area contributed by atoms with Crippen LogP contribution in [-0.2, 0) is 30.7 Å². The van der Waals surface area contributed by atoms with Crippen molar-refractivity contribution in [3.63, 3.8) is 0 Å². The summed E-state index contributed by atoms with van der Waals surface area (Å²) in [6, 6.07) is 10.3. The van der Waals surface area contributed by atoms with E-state index in [9.17, 15) is 9.59 Å². The molecule has 0 atom stereocenters. The average Bonchev–Trinajstić information content (AvgIpc) is 3.41. The number of aromatic nitrogens is 4. The lowest BCUT2D eigenvalue weighted by Gasteiger charge is -2.28. The van der Waals surface area contributed by atoms with E-state index in [-0.39, 0.29) is 11.5 Å². The summed E-state index contributed by atoms with van der Waals surface area (Å²) in [6.45, 7) is 6.15. The van der Waals surface area contributed by atoms with Crippen molar-refractivity contribution in [2.24, 2.45) is 5.92 Å². The molecular formula is C23H25N5O2S. The van der Waals surface area contributed by atoms with Crippen LogP contribution in [0.5, 0.6) is 0 Å². The number of thiophene rings is 1. The number of fused-ring (bicyclic) bond motifs is 4. The summed E-state index contributed by atoms with van der Waals surface area (Å²) >= 11 is 1.44. The van der Waals surface area contributed by atoms with Crippen molar-refractivity contribution in [1.29, 1.82) is 0 Å². The van der Waals surface area contributed by atoms with Gasteiger partial charge in [0.2, 0.25) is 11.7 Å². The predicted octanol–water partition coefficient (Wildman–Crippen LogP) is 3.28. The average molecular weight is 436 g/mol. The fraction of sp³-hybridized carbons (Fsp3) is 0.391. The predicted molar refractivity (Wildman–Crippen MR) is 121 cm³/mol. The smallest absolute Gasteiger partial charge is 0.272 e. The van der Waals surface area contributed by atoms with Gasteiger partial charge in [0.05, 0.1) is 5.52 Å². The van der Waals surface area contributed by atoms with Gasteiger partial charge < -0.3 is 4.90 Å². The second-order valence-electron chi connectivity index (χ2n) is 8.53. The van der Waals surface area contributed by atoms with Gasteiger partial charge in [-0.05, 0) is 34.9 Å². The van der Waals surface area contributed by atoms with Gasteiger partial charge >= 0.3 is 0 Å². The lowest BCUT2D eigenvalue weighted by atomic mass is 9.99. The van der Waals surface area contributed by atoms with E-state index < -0.39 is 0 Å². The Bertz CT molecular complexity index is 1330. The third-order valence-electron chi connectivity index (χ3n) is 5.87. The standard InChI is InChI=1S/C23H25N5O2S/c1-15(2)13-27-22(30)21-18(10-12-31-21)28-19(24-25-23(27)28)7-8-20(29)26-11-9-16-5-3-4-6-17(16)14-26/h3-6,10,12,15H,7-9,11,13-14H2,1-2H3. The first-order valence-corrected chi connectivity index (χ1v) is 11.6. The van der Waals surface area contributed by atoms with Gasteiger partial charge in [-0.25, -0.2) is 0 Å². The molecule has 1 amide bonds. The second-order valence-corrected chi connectivity index (χ2v) is 9.45. The van der Waals surface area contributed by atoms with E-state index in [1.54, 1.807) is 4.57 Å². The van der Waals surface area contributed by atoms with Gasteiger partial charge in [0.15, 0.2) is 0 Å². The summed E-state index contributed by atoms with van der Waals surface area (Å²) in [4.78, 5) is 27.8. The highest BCUT2D eigenvalue weighted by Gasteiger charge is 2.22. The monoisotopic (exact) mass is 435 g/mol. The molecule has 0 fully saturated rings. The van der Waals surface area contributed by atoms with Crippen molar-refractivity contribution in [3.8, 4) is 0 Å². The van der Waals surface area contributed by atoms with E-state index in [2.05, 4.69) is 42.2 Å². The van der Waals surface area contributed by atoms with Gasteiger partial charge in [0.25, 0.3) is 5.56 Å². The van der Waals surface area contributed by atoms with Crippen molar-refractivity contribution in [2.75, 3.05) is 6.54 Å². The number of benzene rings is 1. The van der Waals surface area contributed by atoms with Crippen molar-refractivity contribution >= 4 is 33.2 Å². The van der Waals surface area contributed by atoms with Gasteiger partial charge in [0.1, 0.15) is 10.5 Å². The van der Waals surface area contributed by atoms with Gasteiger partial charge in [-0.15, -0.1) is 21.5 Å². The summed E-state index contributed by atoms with van der Waals surface area (Å²) in [5.74, 6) is 1.71. The molecule has 0 bridgehead atoms. The Morgan fingerprint density at radius 1 is 1.16 bits per heavy atom. The van der Waals surface area contributed by atoms with Crippen LogP contribution in [-0.4, -0.2) is 36.5 Å². The third kappa shape index (κ3) is 3.54. The Morgan fingerprint density at radius 2 is 1.97 bits per heavy atom. The highest BCUT2D eigenvalue weighted by Crippen LogP contribution is 2.22. The minimum absolute atomic E-state index is 0.0202. The SMILES string of the molecule is CC(C)Cn1c(=O)c2sccc2n2c(CCC(=O)N3CCc4ccccc4C3)nnc12. The first-order chi connectivity index (χ1) is 15.0. The molecule has 31 heavy (non-hydrogen) atoms. The van der Waals surface area contributed by atoms with E-state index in [4.69, 9.17) is 0 Å². The molecule has 0 radical (unpaired) electrons. The van der Waals surface area contributed by atoms with Crippen LogP contribution in [0.25, 0.3) is 16.0 Å². The first kappa shape index (κ1) is 19.9. The Morgan fingerprint density at radius 3 is 2.77 bits per heavy atom. The van der Waals surface area contributed by atoms with Gasteiger partial charge in [-0.2, -0.15) is 0 Å². The molecule has 1 aliphatic rings. The second kappa shape index (κ2) is 7.92. The van der Waals surface area contributed by atoms with Gasteiger partial charge in [0, 0.05) is 32.5 Å². The number of carbonyl (C=O) groups is 1. The zero-order chi connectivity index (χ0) is 21.5. The van der Waals surface area contributed by atoms with Crippen LogP contribution in [0.3, 0.4) is 0 Å². The minimum Gasteiger partial charge on any atom is -0.338 e. The molecule has 4 aromatic rings. The largest absolute Gasteiger partial charge is 0.338 e. The number of aryl methyl sites for hydroxylation is 1. The molecule has 8 heteroatoms. The van der Waals surface area contributed by atoms with Crippen LogP contribution in [0, 0.1) is 5.92 Å². The molecule has 0 N–H and O–H groups in total. The molecule has 0 saturated heterocycles. The van der Waals surface area contributed by atoms with Crippen LogP contribution in [0.15, 0.2) is 40.5 Å². The maximum atomic E-state index is 13.0. The Kier molecular flexibility index (Phi) is 5.09. The van der Waals surface area contributed by atoms with Gasteiger partial charge in [-0.1, -0.05) is 38.1 Å². The highest BCUT2D eigenvalue weighted by molar-refractivity contribution is 7.17. The Balaban J connectivity index is 1.42. The normalized spacial score (nSPS) is 14.0. The first-order valence-electron chi connectivity index (χ1n) is 10.7. The van der Waals surface area contributed by atoms with Crippen LogP contribution in [0.2, 0.25) is 0 Å². The fourth-order valence-corrected chi connectivity index (χ4v) is 5.18. The molecule has 1 aromatic carbocycles. The van der Waals surface area contributed by atoms with Crippen molar-refractivity contribution in [3.05, 3.63) is 63.0 Å². The summed E-state index contributed by atoms with van der Waals surface area (Å²) in [7, 11) is 0. The molecule has 0 aliphatic carbocycles. The summed E-state index contributed by atoms with van der Waals surface area (Å²) in [6.07, 6.45) is 1.76. The van der Waals surface area contributed by atoms with Crippen molar-refractivity contribution in [2.45, 2.75) is 46.2 Å². The zero-order valence-corrected chi connectivity index (χ0v) is 18.6.